The minimum absolute atomic E-state index is 0. The third kappa shape index (κ3) is 54.6. The first-order valence-corrected chi connectivity index (χ1v) is 7.59. The quantitative estimate of drug-likeness (QED) is 0.477. The van der Waals surface area contributed by atoms with Crippen LogP contribution in [-0.2, 0) is 4.57 Å². The van der Waals surface area contributed by atoms with Gasteiger partial charge >= 0.3 is 42.9 Å². The van der Waals surface area contributed by atoms with Crippen LogP contribution >= 0.6 is 38.9 Å². The molecule has 0 aromatic carbocycles. The van der Waals surface area contributed by atoms with Gasteiger partial charge in [0.25, 0.3) is 0 Å². The summed E-state index contributed by atoms with van der Waals surface area (Å²) in [5.74, 6) is 0. The molecule has 0 aromatic rings. The second-order valence-electron chi connectivity index (χ2n) is 3.14. The number of aliphatic hydroxyl groups is 1. The summed E-state index contributed by atoms with van der Waals surface area (Å²) in [4.78, 5) is 0. The zero-order valence-corrected chi connectivity index (χ0v) is 10.5. The number of likely N-dealkylation sites (N-methyl/N-ethyl adjacent to an activating group) is 1. The molecule has 0 amide bonds. The third-order valence-corrected chi connectivity index (χ3v) is 0.771. The van der Waals surface area contributed by atoms with Crippen LogP contribution < -0.4 is 0 Å². The van der Waals surface area contributed by atoms with Crippen molar-refractivity contribution in [3.8, 4) is 0 Å². The van der Waals surface area contributed by atoms with Crippen LogP contribution in [0.2, 0.25) is 0 Å². The van der Waals surface area contributed by atoms with Crippen molar-refractivity contribution >= 4 is 76.7 Å². The molecular weight excluding hydrogens is 283 g/mol. The van der Waals surface area contributed by atoms with E-state index in [0.717, 1.165) is 11.0 Å². The maximum atomic E-state index is 9.51. The molecule has 0 saturated heterocycles. The van der Waals surface area contributed by atoms with Crippen molar-refractivity contribution in [3.63, 3.8) is 0 Å². The number of halogens is 3. The summed E-state index contributed by atoms with van der Waals surface area (Å²) in [6.07, 6.45) is 0. The summed E-state index contributed by atoms with van der Waals surface area (Å²) < 4.78 is 10.4. The van der Waals surface area contributed by atoms with Crippen molar-refractivity contribution in [1.82, 2.24) is 0 Å². The van der Waals surface area contributed by atoms with E-state index in [-0.39, 0.29) is 44.3 Å². The van der Waals surface area contributed by atoms with Gasteiger partial charge in [0.05, 0.1) is 27.7 Å². The summed E-state index contributed by atoms with van der Waals surface area (Å²) in [5, 5.41) is 5.16. The van der Waals surface area contributed by atoms with Crippen molar-refractivity contribution in [2.24, 2.45) is 0 Å². The number of rotatable bonds is 2. The Balaban J connectivity index is -0.000000150. The first-order valence-electron chi connectivity index (χ1n) is 3.16. The molecule has 0 aromatic heterocycles. The summed E-state index contributed by atoms with van der Waals surface area (Å²) in [5.41, 5.74) is 0. The molecule has 0 aliphatic carbocycles. The first kappa shape index (κ1) is 20.7. The zero-order chi connectivity index (χ0) is 10.4. The maximum absolute atomic E-state index is 9.51. The van der Waals surface area contributed by atoms with E-state index in [0.29, 0.717) is 0 Å². The average molecular weight is 300 g/mol. The fourth-order valence-electron chi connectivity index (χ4n) is 0.300. The first-order chi connectivity index (χ1) is 5.06. The van der Waals surface area contributed by atoms with E-state index < -0.39 is 5.20 Å². The number of aliphatic hydroxyl groups excluding tert-OH is 1. The molecule has 0 saturated carbocycles. The number of hydrogen-bond acceptors (Lipinski definition) is 2. The summed E-state index contributed by atoms with van der Waals surface area (Å²) in [6.45, 7) is 1.11. The normalized spacial score (nSPS) is 11.0. The molecule has 0 rings (SSSR count). The summed E-state index contributed by atoms with van der Waals surface area (Å²) in [7, 11) is 6.16. The van der Waals surface area contributed by atoms with Gasteiger partial charge in [0.15, 0.2) is 0 Å². The Bertz CT molecular complexity index is 150. The van der Waals surface area contributed by atoms with Gasteiger partial charge in [-0.15, -0.1) is 0 Å². The zero-order valence-electron chi connectivity index (χ0n) is 7.30. The SMILES string of the molecule is C[N+](C)(C)CCO.O=P(Cl)(Cl)Cl.[CaH2]. The van der Waals surface area contributed by atoms with Gasteiger partial charge < -0.3 is 9.59 Å². The molecule has 0 spiro atoms. The molecule has 0 radical (unpaired) electrons. The molecule has 0 aliphatic rings. The van der Waals surface area contributed by atoms with Crippen LogP contribution in [0.3, 0.4) is 0 Å². The Morgan fingerprint density at radius 1 is 1.23 bits per heavy atom. The van der Waals surface area contributed by atoms with Gasteiger partial charge in [0.1, 0.15) is 6.54 Å². The van der Waals surface area contributed by atoms with E-state index in [9.17, 15) is 4.57 Å². The van der Waals surface area contributed by atoms with Crippen LogP contribution in [0.25, 0.3) is 0 Å². The molecule has 0 bridgehead atoms. The monoisotopic (exact) mass is 298 g/mol. The van der Waals surface area contributed by atoms with E-state index >= 15 is 0 Å². The molecule has 8 heteroatoms. The van der Waals surface area contributed by atoms with Crippen LogP contribution in [-0.4, -0.2) is 81.6 Å². The van der Waals surface area contributed by atoms with E-state index in [1.165, 1.54) is 0 Å². The van der Waals surface area contributed by atoms with Gasteiger partial charge in [-0.3, -0.25) is 4.57 Å². The van der Waals surface area contributed by atoms with Crippen molar-refractivity contribution in [2.45, 2.75) is 0 Å². The van der Waals surface area contributed by atoms with E-state index in [2.05, 4.69) is 54.9 Å². The van der Waals surface area contributed by atoms with Gasteiger partial charge in [-0.05, 0) is 33.7 Å². The van der Waals surface area contributed by atoms with Crippen molar-refractivity contribution in [1.29, 1.82) is 0 Å². The fraction of sp³-hybridized carbons (Fsp3) is 1.00. The van der Waals surface area contributed by atoms with E-state index in [4.69, 9.17) is 5.11 Å². The molecule has 0 aliphatic heterocycles. The predicted molar refractivity (Wildman–Crippen MR) is 63.7 cm³/mol. The Kier molecular flexibility index (Phi) is 15.1. The van der Waals surface area contributed by atoms with Gasteiger partial charge in [0, 0.05) is 0 Å². The summed E-state index contributed by atoms with van der Waals surface area (Å²) in [6, 6.07) is 0. The van der Waals surface area contributed by atoms with Gasteiger partial charge in [-0.25, -0.2) is 0 Å². The number of hydrogen-bond donors (Lipinski definition) is 1. The molecule has 0 unspecified atom stereocenters. The molecule has 3 nitrogen and oxygen atoms in total. The van der Waals surface area contributed by atoms with Crippen LogP contribution in [0.4, 0.5) is 0 Å². The Labute approximate surface area is 124 Å². The minimum atomic E-state index is -3.22. The molecule has 0 atom stereocenters. The fourth-order valence-corrected chi connectivity index (χ4v) is 0.300. The van der Waals surface area contributed by atoms with Gasteiger partial charge in [-0.1, -0.05) is 0 Å². The van der Waals surface area contributed by atoms with Crippen LogP contribution in [0.5, 0.6) is 0 Å². The van der Waals surface area contributed by atoms with Gasteiger partial charge in [-0.2, -0.15) is 0 Å². The molecule has 13 heavy (non-hydrogen) atoms. The van der Waals surface area contributed by atoms with E-state index in [1.54, 1.807) is 0 Å². The van der Waals surface area contributed by atoms with Crippen LogP contribution in [0.1, 0.15) is 0 Å². The standard InChI is InChI=1S/C5H14NO.Ca.Cl3OP.2H/c1-6(2,3)4-5-7;;1-5(2,3)4;;/h7H,4-5H2,1-3H3;;;;/q+1;;;;. The summed E-state index contributed by atoms with van der Waals surface area (Å²) >= 11 is 13.8. The second-order valence-corrected chi connectivity index (χ2v) is 9.78. The Morgan fingerprint density at radius 3 is 1.46 bits per heavy atom. The van der Waals surface area contributed by atoms with Crippen molar-refractivity contribution < 1.29 is 14.2 Å². The second kappa shape index (κ2) is 9.50. The molecule has 1 N–H and O–H groups in total. The van der Waals surface area contributed by atoms with E-state index in [1.807, 2.05) is 0 Å². The topological polar surface area (TPSA) is 37.3 Å². The average Bonchev–Trinajstić information content (AvgIpc) is 1.54. The van der Waals surface area contributed by atoms with Crippen LogP contribution in [0, 0.1) is 0 Å². The third-order valence-electron chi connectivity index (χ3n) is 0.771. The molecule has 80 valence electrons. The number of nitrogens with zero attached hydrogens (tertiary/aromatic N) is 1. The van der Waals surface area contributed by atoms with Gasteiger partial charge in [0.2, 0.25) is 0 Å². The number of quaternary nitrogens is 1. The predicted octanol–water partition coefficient (Wildman–Crippen LogP) is 1.58. The van der Waals surface area contributed by atoms with Crippen LogP contribution in [0.15, 0.2) is 0 Å². The van der Waals surface area contributed by atoms with Crippen molar-refractivity contribution in [3.05, 3.63) is 0 Å². The molecule has 0 fully saturated rings. The Hall–Kier alpha value is 2.28. The molecule has 0 heterocycles. The molecular formula is C5H16CaCl3NO2P+. The Morgan fingerprint density at radius 2 is 1.46 bits per heavy atom. The van der Waals surface area contributed by atoms with Crippen molar-refractivity contribution in [2.75, 3.05) is 34.3 Å².